The Labute approximate surface area is 215 Å². The van der Waals surface area contributed by atoms with Gasteiger partial charge in [0, 0.05) is 19.2 Å². The Bertz CT molecular complexity index is 1120. The van der Waals surface area contributed by atoms with Crippen molar-refractivity contribution in [1.29, 1.82) is 5.26 Å². The minimum atomic E-state index is -0.243. The molecule has 6 heteroatoms. The third-order valence-corrected chi connectivity index (χ3v) is 9.47. The number of nitrogens with zero attached hydrogens (tertiary/aromatic N) is 4. The lowest BCUT2D eigenvalue weighted by Crippen LogP contribution is -2.56. The van der Waals surface area contributed by atoms with Crippen molar-refractivity contribution in [1.82, 2.24) is 9.80 Å². The fraction of sp³-hybridized carbons (Fsp3) is 0.533. The molecule has 3 fully saturated rings. The maximum Gasteiger partial charge on any atom is 0.325 e. The Balaban J connectivity index is 1.46. The number of anilines is 1. The zero-order valence-corrected chi connectivity index (χ0v) is 21.9. The van der Waals surface area contributed by atoms with Gasteiger partial charge in [-0.1, -0.05) is 42.5 Å². The summed E-state index contributed by atoms with van der Waals surface area (Å²) in [7, 11) is 6.16. The van der Waals surface area contributed by atoms with Crippen molar-refractivity contribution >= 4 is 11.7 Å². The predicted molar refractivity (Wildman–Crippen MR) is 142 cm³/mol. The zero-order chi connectivity index (χ0) is 25.4. The van der Waals surface area contributed by atoms with Gasteiger partial charge in [-0.25, -0.2) is 4.79 Å². The van der Waals surface area contributed by atoms with Gasteiger partial charge in [0.25, 0.3) is 0 Å². The van der Waals surface area contributed by atoms with Crippen molar-refractivity contribution in [2.24, 2.45) is 0 Å². The summed E-state index contributed by atoms with van der Waals surface area (Å²) in [4.78, 5) is 20.4. The maximum atomic E-state index is 14.0. The van der Waals surface area contributed by atoms with Crippen LogP contribution in [0, 0.1) is 11.3 Å². The average Bonchev–Trinajstić information content (AvgIpc) is 3.15. The van der Waals surface area contributed by atoms with Crippen LogP contribution in [0.2, 0.25) is 0 Å². The van der Waals surface area contributed by atoms with Crippen LogP contribution in [0.4, 0.5) is 10.5 Å². The number of para-hydroxylation sites is 1. The van der Waals surface area contributed by atoms with Crippen molar-refractivity contribution in [3.8, 4) is 6.07 Å². The van der Waals surface area contributed by atoms with E-state index in [-0.39, 0.29) is 22.7 Å². The maximum absolute atomic E-state index is 14.0. The molecule has 1 spiro atoms. The van der Waals surface area contributed by atoms with E-state index in [9.17, 15) is 10.1 Å². The number of carbonyl (C=O) groups excluding carboxylic acids is 1. The minimum absolute atomic E-state index is 0.0281. The summed E-state index contributed by atoms with van der Waals surface area (Å²) in [5, 5.41) is 9.75. The first kappa shape index (κ1) is 24.8. The lowest BCUT2D eigenvalue weighted by Gasteiger charge is -2.51. The zero-order valence-electron chi connectivity index (χ0n) is 21.9. The fourth-order valence-electron chi connectivity index (χ4n) is 6.86. The van der Waals surface area contributed by atoms with E-state index in [0.717, 1.165) is 50.6 Å². The van der Waals surface area contributed by atoms with Gasteiger partial charge in [-0.3, -0.25) is 9.80 Å². The molecule has 5 rings (SSSR count). The highest BCUT2D eigenvalue weighted by atomic mass is 16.5. The van der Waals surface area contributed by atoms with E-state index in [1.807, 2.05) is 30.2 Å². The first-order valence-corrected chi connectivity index (χ1v) is 13.3. The van der Waals surface area contributed by atoms with Crippen LogP contribution >= 0.6 is 0 Å². The Kier molecular flexibility index (Phi) is 6.57. The van der Waals surface area contributed by atoms with E-state index >= 15 is 0 Å². The Hall–Kier alpha value is -2.88. The lowest BCUT2D eigenvalue weighted by molar-refractivity contribution is -0.0844. The number of rotatable bonds is 7. The van der Waals surface area contributed by atoms with E-state index in [1.165, 1.54) is 12.0 Å². The quantitative estimate of drug-likeness (QED) is 0.516. The molecular formula is C30H38N4O2. The van der Waals surface area contributed by atoms with E-state index in [1.54, 1.807) is 6.07 Å². The topological polar surface area (TPSA) is 59.8 Å². The first-order valence-electron chi connectivity index (χ1n) is 13.3. The molecule has 36 heavy (non-hydrogen) atoms. The van der Waals surface area contributed by atoms with Crippen LogP contribution in [0.15, 0.2) is 54.6 Å². The van der Waals surface area contributed by atoms with Gasteiger partial charge < -0.3 is 9.64 Å². The van der Waals surface area contributed by atoms with E-state index in [2.05, 4.69) is 60.3 Å². The predicted octanol–water partition coefficient (Wildman–Crippen LogP) is 5.53. The van der Waals surface area contributed by atoms with Gasteiger partial charge in [0.2, 0.25) is 0 Å². The molecular weight excluding hydrogens is 448 g/mol. The summed E-state index contributed by atoms with van der Waals surface area (Å²) >= 11 is 0. The monoisotopic (exact) mass is 486 g/mol. The number of urea groups is 1. The number of hydrogen-bond acceptors (Lipinski definition) is 4. The van der Waals surface area contributed by atoms with Crippen LogP contribution in [0.1, 0.15) is 62.5 Å². The van der Waals surface area contributed by atoms with Crippen molar-refractivity contribution in [3.63, 3.8) is 0 Å². The van der Waals surface area contributed by atoms with Crippen LogP contribution in [0.3, 0.4) is 0 Å². The van der Waals surface area contributed by atoms with Gasteiger partial charge in [-0.05, 0) is 83.2 Å². The standard InChI is InChI=1S/C30H38N4O2/c1-32(2)30(25-11-5-4-6-12-25)18-16-28(17-19-30)23-33(26-13-8-7-10-24(26)22-31)27(35)34(28)21-20-29(36-3)14-9-15-29/h4-8,10-13H,9,14-21,23H2,1-3H3. The third kappa shape index (κ3) is 3.99. The van der Waals surface area contributed by atoms with Crippen LogP contribution < -0.4 is 4.90 Å². The smallest absolute Gasteiger partial charge is 0.325 e. The van der Waals surface area contributed by atoms with Crippen LogP contribution in [0.5, 0.6) is 0 Å². The van der Waals surface area contributed by atoms with Crippen molar-refractivity contribution in [2.75, 3.05) is 39.2 Å². The molecule has 1 aliphatic heterocycles. The molecule has 0 atom stereocenters. The normalized spacial score (nSPS) is 27.4. The molecule has 1 heterocycles. The molecule has 1 saturated heterocycles. The summed E-state index contributed by atoms with van der Waals surface area (Å²) in [6.07, 6.45) is 8.01. The highest BCUT2D eigenvalue weighted by Gasteiger charge is 2.55. The second kappa shape index (κ2) is 9.53. The number of amides is 2. The fourth-order valence-corrected chi connectivity index (χ4v) is 6.86. The van der Waals surface area contributed by atoms with Gasteiger partial charge in [-0.15, -0.1) is 0 Å². The summed E-state index contributed by atoms with van der Waals surface area (Å²) in [5.41, 5.74) is 2.25. The molecule has 0 N–H and O–H groups in total. The van der Waals surface area contributed by atoms with Gasteiger partial charge in [0.15, 0.2) is 0 Å². The van der Waals surface area contributed by atoms with E-state index in [4.69, 9.17) is 4.74 Å². The molecule has 0 unspecified atom stereocenters. The van der Waals surface area contributed by atoms with Crippen LogP contribution in [0.25, 0.3) is 0 Å². The molecule has 6 nitrogen and oxygen atoms in total. The van der Waals surface area contributed by atoms with Gasteiger partial charge in [0.05, 0.1) is 28.9 Å². The SMILES string of the molecule is COC1(CCN2C(=O)N(c3ccccc3C#N)CC23CCC(c2ccccc2)(N(C)C)CC3)CCC1. The number of carbonyl (C=O) groups is 1. The number of benzene rings is 2. The highest BCUT2D eigenvalue weighted by molar-refractivity contribution is 5.96. The first-order chi connectivity index (χ1) is 17.4. The molecule has 2 saturated carbocycles. The molecule has 2 aliphatic carbocycles. The van der Waals surface area contributed by atoms with Gasteiger partial charge in [0.1, 0.15) is 6.07 Å². The van der Waals surface area contributed by atoms with Crippen LogP contribution in [-0.4, -0.2) is 61.3 Å². The van der Waals surface area contributed by atoms with Crippen LogP contribution in [-0.2, 0) is 10.3 Å². The van der Waals surface area contributed by atoms with E-state index in [0.29, 0.717) is 18.7 Å². The third-order valence-electron chi connectivity index (χ3n) is 9.47. The number of ether oxygens (including phenoxy) is 1. The summed E-state index contributed by atoms with van der Waals surface area (Å²) < 4.78 is 5.91. The van der Waals surface area contributed by atoms with Gasteiger partial charge in [-0.2, -0.15) is 5.26 Å². The second-order valence-electron chi connectivity index (χ2n) is 11.2. The molecule has 0 radical (unpaired) electrons. The Morgan fingerprint density at radius 1 is 0.972 bits per heavy atom. The lowest BCUT2D eigenvalue weighted by atomic mass is 9.68. The van der Waals surface area contributed by atoms with Crippen molar-refractivity contribution < 1.29 is 9.53 Å². The van der Waals surface area contributed by atoms with Gasteiger partial charge >= 0.3 is 6.03 Å². The second-order valence-corrected chi connectivity index (χ2v) is 11.2. The Morgan fingerprint density at radius 3 is 2.22 bits per heavy atom. The molecule has 190 valence electrons. The number of hydrogen-bond donors (Lipinski definition) is 0. The number of nitriles is 1. The van der Waals surface area contributed by atoms with E-state index < -0.39 is 0 Å². The molecule has 0 bridgehead atoms. The molecule has 2 aromatic carbocycles. The number of methoxy groups -OCH3 is 1. The molecule has 0 aromatic heterocycles. The minimum Gasteiger partial charge on any atom is -0.378 e. The molecule has 2 amide bonds. The average molecular weight is 487 g/mol. The highest BCUT2D eigenvalue weighted by Crippen LogP contribution is 2.50. The Morgan fingerprint density at radius 2 is 1.64 bits per heavy atom. The largest absolute Gasteiger partial charge is 0.378 e. The van der Waals surface area contributed by atoms with Crippen molar-refractivity contribution in [3.05, 3.63) is 65.7 Å². The molecule has 3 aliphatic rings. The summed E-state index contributed by atoms with van der Waals surface area (Å²) in [6.45, 7) is 1.32. The molecule has 2 aromatic rings. The summed E-state index contributed by atoms with van der Waals surface area (Å²) in [6, 6.07) is 20.6. The summed E-state index contributed by atoms with van der Waals surface area (Å²) in [5.74, 6) is 0. The van der Waals surface area contributed by atoms with Crippen molar-refractivity contribution in [2.45, 2.75) is 68.0 Å².